The van der Waals surface area contributed by atoms with E-state index < -0.39 is 66.1 Å². The van der Waals surface area contributed by atoms with E-state index in [1.807, 2.05) is 4.74 Å². The monoisotopic (exact) mass is 526 g/mol. The number of alkyl halides is 17. The van der Waals surface area contributed by atoms with Crippen LogP contribution in [0.25, 0.3) is 0 Å². The zero-order valence-corrected chi connectivity index (χ0v) is 14.3. The van der Waals surface area contributed by atoms with E-state index in [-0.39, 0.29) is 0 Å². The van der Waals surface area contributed by atoms with Crippen molar-refractivity contribution in [1.82, 2.24) is 0 Å². The predicted molar refractivity (Wildman–Crippen MR) is 62.3 cm³/mol. The predicted octanol–water partition coefficient (Wildman–Crippen LogP) is 7.11. The Morgan fingerprint density at radius 2 is 0.871 bits per heavy atom. The molecule has 0 unspecified atom stereocenters. The van der Waals surface area contributed by atoms with E-state index in [0.717, 1.165) is 0 Å². The number of rotatable bonds is 9. The second-order valence-corrected chi connectivity index (χ2v) is 5.86. The van der Waals surface area contributed by atoms with Crippen molar-refractivity contribution < 1.29 is 84.2 Å². The Kier molecular flexibility index (Phi) is 7.50. The first-order valence-corrected chi connectivity index (χ1v) is 7.10. The summed E-state index contributed by atoms with van der Waals surface area (Å²) in [5.41, 5.74) is -3.11. The third kappa shape index (κ3) is 4.84. The molecule has 0 aromatic heterocycles. The summed E-state index contributed by atoms with van der Waals surface area (Å²) in [7, 11) is 0. The molecule has 31 heavy (non-hydrogen) atoms. The molecule has 0 aliphatic heterocycles. The summed E-state index contributed by atoms with van der Waals surface area (Å²) in [4.78, 5) is 9.96. The van der Waals surface area contributed by atoms with Gasteiger partial charge in [0.2, 0.25) is 0 Å². The lowest BCUT2D eigenvalue weighted by molar-refractivity contribution is -0.459. The van der Waals surface area contributed by atoms with Crippen molar-refractivity contribution in [3.8, 4) is 0 Å². The Balaban J connectivity index is 6.45. The standard InChI is InChI=1S/C11H4ClF17O2/c12-3(30)31-11(28,29)10(26,27)9(24,25)8(22,23)7(20,21)6(18,19)4(13,14)1-2-5(15,16)17/h1-2H2. The van der Waals surface area contributed by atoms with Crippen molar-refractivity contribution in [3.05, 3.63) is 0 Å². The van der Waals surface area contributed by atoms with Gasteiger partial charge in [0.05, 0.1) is 0 Å². The van der Waals surface area contributed by atoms with Gasteiger partial charge in [-0.15, -0.1) is 0 Å². The van der Waals surface area contributed by atoms with Crippen LogP contribution in [0.2, 0.25) is 0 Å². The zero-order valence-electron chi connectivity index (χ0n) is 13.5. The lowest BCUT2D eigenvalue weighted by Crippen LogP contribution is -2.73. The van der Waals surface area contributed by atoms with Crippen molar-refractivity contribution in [2.75, 3.05) is 0 Å². The number of halogens is 18. The van der Waals surface area contributed by atoms with Crippen molar-refractivity contribution >= 4 is 17.0 Å². The summed E-state index contributed by atoms with van der Waals surface area (Å²) < 4.78 is 222. The Morgan fingerprint density at radius 3 is 1.19 bits per heavy atom. The van der Waals surface area contributed by atoms with Crippen LogP contribution in [0, 0.1) is 0 Å². The third-order valence-corrected chi connectivity index (χ3v) is 3.41. The van der Waals surface area contributed by atoms with Crippen LogP contribution in [0.3, 0.4) is 0 Å². The average Bonchev–Trinajstić information content (AvgIpc) is 2.50. The highest BCUT2D eigenvalue weighted by Crippen LogP contribution is 2.62. The van der Waals surface area contributed by atoms with Crippen LogP contribution in [-0.4, -0.2) is 53.2 Å². The van der Waals surface area contributed by atoms with E-state index in [2.05, 4.69) is 11.6 Å². The molecule has 0 rings (SSSR count). The molecule has 0 radical (unpaired) electrons. The summed E-state index contributed by atoms with van der Waals surface area (Å²) in [6.45, 7) is 0. The molecule has 0 spiro atoms. The van der Waals surface area contributed by atoms with Gasteiger partial charge in [-0.05, 0) is 0 Å². The SMILES string of the molecule is O=C(Cl)OC(F)(F)C(F)(F)C(F)(F)C(F)(F)C(F)(F)C(F)(F)C(F)(F)CCC(F)(F)F. The maximum Gasteiger partial charge on any atom is 0.474 e. The fraction of sp³-hybridized carbons (Fsp3) is 0.909. The molecule has 0 saturated heterocycles. The van der Waals surface area contributed by atoms with Gasteiger partial charge in [-0.3, -0.25) is 0 Å². The minimum atomic E-state index is -8.50. The smallest absolute Gasteiger partial charge is 0.384 e. The summed E-state index contributed by atoms with van der Waals surface area (Å²) >= 11 is 3.96. The number of carbonyl (C=O) groups is 1. The van der Waals surface area contributed by atoms with E-state index >= 15 is 0 Å². The van der Waals surface area contributed by atoms with E-state index in [1.54, 1.807) is 0 Å². The van der Waals surface area contributed by atoms with Crippen LogP contribution in [0.15, 0.2) is 0 Å². The third-order valence-electron chi connectivity index (χ3n) is 3.33. The van der Waals surface area contributed by atoms with Crippen LogP contribution in [0.1, 0.15) is 12.8 Å². The summed E-state index contributed by atoms with van der Waals surface area (Å²) in [6, 6.07) is 0. The molecular formula is C11H4ClF17O2. The highest BCUT2D eigenvalue weighted by Gasteiger charge is 2.93. The maximum atomic E-state index is 13.3. The summed E-state index contributed by atoms with van der Waals surface area (Å²) in [6.07, 6.45) is -19.5. The summed E-state index contributed by atoms with van der Waals surface area (Å²) in [5.74, 6) is -48.1. The minimum absolute atomic E-state index is 2.05. The van der Waals surface area contributed by atoms with Gasteiger partial charge in [-0.1, -0.05) is 0 Å². The van der Waals surface area contributed by atoms with Gasteiger partial charge < -0.3 is 4.74 Å². The van der Waals surface area contributed by atoms with Gasteiger partial charge in [0, 0.05) is 24.4 Å². The van der Waals surface area contributed by atoms with Crippen LogP contribution < -0.4 is 0 Å². The molecule has 0 saturated carbocycles. The number of hydrogen-bond donors (Lipinski definition) is 0. The Bertz CT molecular complexity index is 667. The molecule has 0 fully saturated rings. The fourth-order valence-corrected chi connectivity index (χ4v) is 1.72. The molecule has 0 atom stereocenters. The molecule has 0 aromatic carbocycles. The molecule has 2 nitrogen and oxygen atoms in total. The number of ether oxygens (including phenoxy) is 1. The van der Waals surface area contributed by atoms with Crippen molar-refractivity contribution in [1.29, 1.82) is 0 Å². The maximum absolute atomic E-state index is 13.3. The number of carbonyl (C=O) groups excluding carboxylic acids is 1. The van der Waals surface area contributed by atoms with E-state index in [4.69, 9.17) is 0 Å². The van der Waals surface area contributed by atoms with Crippen LogP contribution >= 0.6 is 11.6 Å². The minimum Gasteiger partial charge on any atom is -0.384 e. The van der Waals surface area contributed by atoms with Gasteiger partial charge in [-0.2, -0.15) is 74.6 Å². The van der Waals surface area contributed by atoms with E-state index in [9.17, 15) is 79.4 Å². The van der Waals surface area contributed by atoms with Gasteiger partial charge in [0.15, 0.2) is 0 Å². The molecule has 0 heterocycles. The van der Waals surface area contributed by atoms with Gasteiger partial charge in [0.1, 0.15) is 0 Å². The molecule has 0 aromatic rings. The fourth-order valence-electron chi connectivity index (χ4n) is 1.62. The van der Waals surface area contributed by atoms with Crippen molar-refractivity contribution in [2.45, 2.75) is 60.7 Å². The first-order chi connectivity index (χ1) is 13.1. The molecule has 0 aliphatic rings. The Labute approximate surface area is 163 Å². The molecule has 0 aliphatic carbocycles. The highest BCUT2D eigenvalue weighted by molar-refractivity contribution is 6.61. The normalized spacial score (nSPS) is 15.8. The average molecular weight is 527 g/mol. The van der Waals surface area contributed by atoms with Gasteiger partial charge in [-0.25, -0.2) is 4.79 Å². The van der Waals surface area contributed by atoms with Gasteiger partial charge in [0.25, 0.3) is 0 Å². The Hall–Kier alpha value is -1.43. The topological polar surface area (TPSA) is 26.3 Å². The second kappa shape index (κ2) is 7.86. The van der Waals surface area contributed by atoms with Gasteiger partial charge >= 0.3 is 53.2 Å². The zero-order chi connectivity index (χ0) is 25.7. The second-order valence-electron chi connectivity index (χ2n) is 5.55. The van der Waals surface area contributed by atoms with Crippen LogP contribution in [0.4, 0.5) is 79.4 Å². The largest absolute Gasteiger partial charge is 0.474 e. The number of hydrogen-bond acceptors (Lipinski definition) is 2. The van der Waals surface area contributed by atoms with E-state index in [0.29, 0.717) is 0 Å². The van der Waals surface area contributed by atoms with E-state index in [1.165, 1.54) is 0 Å². The molecule has 20 heteroatoms. The van der Waals surface area contributed by atoms with Crippen molar-refractivity contribution in [3.63, 3.8) is 0 Å². The first-order valence-electron chi connectivity index (χ1n) is 6.72. The highest BCUT2D eigenvalue weighted by atomic mass is 35.5. The molecule has 0 bridgehead atoms. The molecule has 0 amide bonds. The van der Waals surface area contributed by atoms with Crippen LogP contribution in [-0.2, 0) is 4.74 Å². The Morgan fingerprint density at radius 1 is 0.548 bits per heavy atom. The lowest BCUT2D eigenvalue weighted by atomic mass is 9.89. The summed E-state index contributed by atoms with van der Waals surface area (Å²) in [5, 5.41) is 0. The first kappa shape index (κ1) is 29.6. The molecule has 0 N–H and O–H groups in total. The van der Waals surface area contributed by atoms with Crippen molar-refractivity contribution in [2.24, 2.45) is 0 Å². The quantitative estimate of drug-likeness (QED) is 0.236. The van der Waals surface area contributed by atoms with Crippen LogP contribution in [0.5, 0.6) is 0 Å². The lowest BCUT2D eigenvalue weighted by Gasteiger charge is -2.42. The molecular weight excluding hydrogens is 523 g/mol. The molecule has 186 valence electrons.